The summed E-state index contributed by atoms with van der Waals surface area (Å²) in [5.74, 6) is -0.131. The lowest BCUT2D eigenvalue weighted by Gasteiger charge is -2.09. The van der Waals surface area contributed by atoms with Crippen molar-refractivity contribution in [2.24, 2.45) is 5.10 Å². The molecule has 0 heterocycles. The Hall–Kier alpha value is -3.01. The summed E-state index contributed by atoms with van der Waals surface area (Å²) in [5.41, 5.74) is 0.570. The molecule has 0 aliphatic heterocycles. The van der Waals surface area contributed by atoms with Gasteiger partial charge in [-0.1, -0.05) is 11.6 Å². The molecule has 0 atom stereocenters. The van der Waals surface area contributed by atoms with Crippen molar-refractivity contribution in [1.82, 2.24) is 0 Å². The molecule has 0 bridgehead atoms. The highest BCUT2D eigenvalue weighted by Crippen LogP contribution is 2.36. The summed E-state index contributed by atoms with van der Waals surface area (Å²) in [6.07, 6.45) is -3.49. The lowest BCUT2D eigenvalue weighted by molar-refractivity contribution is -0.384. The number of aromatic hydroxyl groups is 1. The van der Waals surface area contributed by atoms with Crippen LogP contribution in [0.25, 0.3) is 0 Å². The molecular formula is C16H13ClF3N3O4. The Labute approximate surface area is 156 Å². The molecule has 27 heavy (non-hydrogen) atoms. The standard InChI is InChI=1S/C16H13ClF3N3O4/c1-2-27-14-6-9(5-11(17)15(14)24)8-21-22-12-4-3-10(16(18,19)20)7-13(12)23(25)26/h3-8,22,24H,2H2,1H3/b21-8+. The molecule has 0 saturated carbocycles. The maximum absolute atomic E-state index is 12.7. The summed E-state index contributed by atoms with van der Waals surface area (Å²) >= 11 is 5.87. The van der Waals surface area contributed by atoms with E-state index in [9.17, 15) is 28.4 Å². The highest BCUT2D eigenvalue weighted by Gasteiger charge is 2.33. The van der Waals surface area contributed by atoms with E-state index in [2.05, 4.69) is 10.5 Å². The van der Waals surface area contributed by atoms with Gasteiger partial charge in [0.25, 0.3) is 5.69 Å². The first kappa shape index (κ1) is 20.3. The van der Waals surface area contributed by atoms with Crippen molar-refractivity contribution < 1.29 is 27.9 Å². The van der Waals surface area contributed by atoms with Gasteiger partial charge in [-0.05, 0) is 36.8 Å². The molecule has 0 radical (unpaired) electrons. The Morgan fingerprint density at radius 2 is 2.07 bits per heavy atom. The molecule has 0 amide bonds. The Morgan fingerprint density at radius 3 is 2.67 bits per heavy atom. The average Bonchev–Trinajstić information content (AvgIpc) is 2.58. The van der Waals surface area contributed by atoms with Gasteiger partial charge in [0.15, 0.2) is 11.5 Å². The number of nitro groups is 1. The van der Waals surface area contributed by atoms with Crippen LogP contribution in [0.5, 0.6) is 11.5 Å². The van der Waals surface area contributed by atoms with Crippen molar-refractivity contribution in [2.75, 3.05) is 12.0 Å². The molecule has 2 aromatic carbocycles. The first-order chi connectivity index (χ1) is 12.6. The van der Waals surface area contributed by atoms with Crippen molar-refractivity contribution in [1.29, 1.82) is 0 Å². The summed E-state index contributed by atoms with van der Waals surface area (Å²) in [7, 11) is 0. The molecule has 7 nitrogen and oxygen atoms in total. The first-order valence-corrected chi connectivity index (χ1v) is 7.81. The van der Waals surface area contributed by atoms with Gasteiger partial charge in [0, 0.05) is 6.07 Å². The molecule has 0 saturated heterocycles. The number of rotatable bonds is 6. The normalized spacial score (nSPS) is 11.6. The summed E-state index contributed by atoms with van der Waals surface area (Å²) < 4.78 is 43.3. The second-order valence-electron chi connectivity index (χ2n) is 5.14. The van der Waals surface area contributed by atoms with E-state index in [1.165, 1.54) is 18.3 Å². The van der Waals surface area contributed by atoms with Crippen molar-refractivity contribution in [3.63, 3.8) is 0 Å². The average molecular weight is 404 g/mol. The van der Waals surface area contributed by atoms with Crippen LogP contribution in [0.4, 0.5) is 24.5 Å². The maximum Gasteiger partial charge on any atom is 0.416 e. The number of hydrogen-bond donors (Lipinski definition) is 2. The summed E-state index contributed by atoms with van der Waals surface area (Å²) in [6.45, 7) is 1.99. The molecule has 0 spiro atoms. The molecule has 2 aromatic rings. The van der Waals surface area contributed by atoms with Gasteiger partial charge in [-0.2, -0.15) is 18.3 Å². The van der Waals surface area contributed by atoms with Crippen molar-refractivity contribution in [3.05, 3.63) is 56.6 Å². The smallest absolute Gasteiger partial charge is 0.416 e. The number of phenolic OH excluding ortho intramolecular Hbond substituents is 1. The van der Waals surface area contributed by atoms with E-state index >= 15 is 0 Å². The Balaban J connectivity index is 2.27. The highest BCUT2D eigenvalue weighted by molar-refractivity contribution is 6.32. The minimum absolute atomic E-state index is 0.00270. The van der Waals surface area contributed by atoms with Gasteiger partial charge in [0.05, 0.1) is 28.3 Å². The van der Waals surface area contributed by atoms with E-state index in [0.29, 0.717) is 17.7 Å². The molecule has 0 aliphatic rings. The van der Waals surface area contributed by atoms with E-state index in [0.717, 1.165) is 6.07 Å². The van der Waals surface area contributed by atoms with E-state index in [4.69, 9.17) is 16.3 Å². The molecule has 0 aliphatic carbocycles. The number of hydrogen-bond acceptors (Lipinski definition) is 6. The van der Waals surface area contributed by atoms with Gasteiger partial charge in [0.2, 0.25) is 0 Å². The number of hydrazone groups is 1. The molecular weight excluding hydrogens is 391 g/mol. The van der Waals surface area contributed by atoms with Crippen molar-refractivity contribution >= 4 is 29.2 Å². The Kier molecular flexibility index (Phi) is 6.11. The predicted octanol–water partition coefficient (Wildman–Crippen LogP) is 4.82. The monoisotopic (exact) mass is 403 g/mol. The van der Waals surface area contributed by atoms with Crippen molar-refractivity contribution in [3.8, 4) is 11.5 Å². The minimum Gasteiger partial charge on any atom is -0.503 e. The first-order valence-electron chi connectivity index (χ1n) is 7.43. The quantitative estimate of drug-likeness (QED) is 0.409. The van der Waals surface area contributed by atoms with Crippen LogP contribution in [0, 0.1) is 10.1 Å². The third-order valence-electron chi connectivity index (χ3n) is 3.27. The zero-order chi connectivity index (χ0) is 20.2. The SMILES string of the molecule is CCOc1cc(/C=N/Nc2ccc(C(F)(F)F)cc2[N+](=O)[O-])cc(Cl)c1O. The second kappa shape index (κ2) is 8.12. The predicted molar refractivity (Wildman–Crippen MR) is 93.6 cm³/mol. The summed E-state index contributed by atoms with van der Waals surface area (Å²) in [6, 6.07) is 4.83. The van der Waals surface area contributed by atoms with Gasteiger partial charge in [-0.25, -0.2) is 0 Å². The second-order valence-corrected chi connectivity index (χ2v) is 5.55. The third kappa shape index (κ3) is 5.00. The number of alkyl halides is 3. The van der Waals surface area contributed by atoms with Crippen LogP contribution in [0.1, 0.15) is 18.1 Å². The molecule has 11 heteroatoms. The maximum atomic E-state index is 12.7. The summed E-state index contributed by atoms with van der Waals surface area (Å²) in [4.78, 5) is 10.1. The van der Waals surface area contributed by atoms with Crippen LogP contribution in [-0.2, 0) is 6.18 Å². The van der Waals surface area contributed by atoms with E-state index in [-0.39, 0.29) is 28.8 Å². The molecule has 0 fully saturated rings. The van der Waals surface area contributed by atoms with E-state index < -0.39 is 22.4 Å². The number of nitrogens with one attached hydrogen (secondary N) is 1. The largest absolute Gasteiger partial charge is 0.503 e. The lowest BCUT2D eigenvalue weighted by Crippen LogP contribution is -2.06. The molecule has 2 N–H and O–H groups in total. The number of nitro benzene ring substituents is 1. The van der Waals surface area contributed by atoms with Crippen LogP contribution >= 0.6 is 11.6 Å². The minimum atomic E-state index is -4.70. The van der Waals surface area contributed by atoms with E-state index in [1.54, 1.807) is 6.92 Å². The fraction of sp³-hybridized carbons (Fsp3) is 0.188. The number of ether oxygens (including phenoxy) is 1. The summed E-state index contributed by atoms with van der Waals surface area (Å²) in [5, 5.41) is 24.5. The Bertz CT molecular complexity index is 888. The van der Waals surface area contributed by atoms with Crippen molar-refractivity contribution in [2.45, 2.75) is 13.1 Å². The highest BCUT2D eigenvalue weighted by atomic mass is 35.5. The number of anilines is 1. The van der Waals surface area contributed by atoms with Gasteiger partial charge < -0.3 is 9.84 Å². The fourth-order valence-corrected chi connectivity index (χ4v) is 2.28. The number of halogens is 4. The zero-order valence-corrected chi connectivity index (χ0v) is 14.5. The van der Waals surface area contributed by atoms with Gasteiger partial charge in [-0.3, -0.25) is 15.5 Å². The number of nitrogens with zero attached hydrogens (tertiary/aromatic N) is 2. The third-order valence-corrected chi connectivity index (χ3v) is 3.56. The fourth-order valence-electron chi connectivity index (χ4n) is 2.06. The van der Waals surface area contributed by atoms with Crippen LogP contribution in [0.3, 0.4) is 0 Å². The lowest BCUT2D eigenvalue weighted by atomic mass is 10.1. The Morgan fingerprint density at radius 1 is 1.37 bits per heavy atom. The zero-order valence-electron chi connectivity index (χ0n) is 13.7. The molecule has 0 aromatic heterocycles. The van der Waals surface area contributed by atoms with Crippen LogP contribution in [0.2, 0.25) is 5.02 Å². The van der Waals surface area contributed by atoms with Gasteiger partial charge in [0.1, 0.15) is 5.69 Å². The molecule has 144 valence electrons. The topological polar surface area (TPSA) is 97.0 Å². The van der Waals surface area contributed by atoms with E-state index in [1.807, 2.05) is 0 Å². The molecule has 2 rings (SSSR count). The number of benzene rings is 2. The van der Waals surface area contributed by atoms with Crippen LogP contribution < -0.4 is 10.2 Å². The molecule has 0 unspecified atom stereocenters. The van der Waals surface area contributed by atoms with Gasteiger partial charge >= 0.3 is 6.18 Å². The van der Waals surface area contributed by atoms with Gasteiger partial charge in [-0.15, -0.1) is 0 Å². The van der Waals surface area contributed by atoms with Crippen LogP contribution in [0.15, 0.2) is 35.4 Å². The van der Waals surface area contributed by atoms with Crippen LogP contribution in [-0.4, -0.2) is 22.9 Å². The number of phenols is 1.